The highest BCUT2D eigenvalue weighted by atomic mass is 16.5. The summed E-state index contributed by atoms with van der Waals surface area (Å²) in [6.07, 6.45) is 0.860. The standard InChI is InChI=1S/C16H26N2O3/c1-6-16(2,3)18-14(19)11-21-15-12(10-17-4)8-7-9-13(15)20-5/h7-9,17H,6,10-11H2,1-5H3,(H,18,19). The first kappa shape index (κ1) is 17.3. The number of methoxy groups -OCH3 is 1. The van der Waals surface area contributed by atoms with Crippen molar-refractivity contribution in [3.05, 3.63) is 23.8 Å². The van der Waals surface area contributed by atoms with Gasteiger partial charge in [0.05, 0.1) is 7.11 Å². The van der Waals surface area contributed by atoms with Crippen molar-refractivity contribution in [2.45, 2.75) is 39.3 Å². The van der Waals surface area contributed by atoms with Crippen molar-refractivity contribution in [3.63, 3.8) is 0 Å². The molecule has 2 N–H and O–H groups in total. The maximum Gasteiger partial charge on any atom is 0.258 e. The van der Waals surface area contributed by atoms with E-state index in [0.29, 0.717) is 18.0 Å². The summed E-state index contributed by atoms with van der Waals surface area (Å²) in [4.78, 5) is 12.0. The van der Waals surface area contributed by atoms with E-state index in [4.69, 9.17) is 9.47 Å². The molecule has 0 heterocycles. The molecule has 0 saturated heterocycles. The predicted molar refractivity (Wildman–Crippen MR) is 83.8 cm³/mol. The second kappa shape index (κ2) is 7.88. The van der Waals surface area contributed by atoms with Gasteiger partial charge in [-0.1, -0.05) is 19.1 Å². The molecule has 21 heavy (non-hydrogen) atoms. The topological polar surface area (TPSA) is 59.6 Å². The van der Waals surface area contributed by atoms with E-state index in [-0.39, 0.29) is 18.1 Å². The molecular weight excluding hydrogens is 268 g/mol. The van der Waals surface area contributed by atoms with Crippen LogP contribution in [0.4, 0.5) is 0 Å². The van der Waals surface area contributed by atoms with Crippen molar-refractivity contribution in [1.82, 2.24) is 10.6 Å². The van der Waals surface area contributed by atoms with Crippen LogP contribution in [-0.2, 0) is 11.3 Å². The fourth-order valence-corrected chi connectivity index (χ4v) is 1.86. The van der Waals surface area contributed by atoms with Crippen LogP contribution in [-0.4, -0.2) is 32.2 Å². The van der Waals surface area contributed by atoms with Crippen molar-refractivity contribution < 1.29 is 14.3 Å². The van der Waals surface area contributed by atoms with Crippen LogP contribution in [0.2, 0.25) is 0 Å². The van der Waals surface area contributed by atoms with E-state index in [9.17, 15) is 4.79 Å². The molecule has 0 bridgehead atoms. The number of carbonyl (C=O) groups is 1. The second-order valence-electron chi connectivity index (χ2n) is 5.55. The average molecular weight is 294 g/mol. The van der Waals surface area contributed by atoms with Crippen molar-refractivity contribution in [2.75, 3.05) is 20.8 Å². The van der Waals surface area contributed by atoms with Gasteiger partial charge in [-0.15, -0.1) is 0 Å². The molecule has 0 radical (unpaired) electrons. The second-order valence-corrected chi connectivity index (χ2v) is 5.55. The van der Waals surface area contributed by atoms with Crippen LogP contribution >= 0.6 is 0 Å². The first-order valence-corrected chi connectivity index (χ1v) is 7.17. The van der Waals surface area contributed by atoms with E-state index in [1.807, 2.05) is 46.0 Å². The molecule has 1 rings (SSSR count). The maximum atomic E-state index is 12.0. The van der Waals surface area contributed by atoms with E-state index < -0.39 is 0 Å². The van der Waals surface area contributed by atoms with Crippen LogP contribution in [0.5, 0.6) is 11.5 Å². The highest BCUT2D eigenvalue weighted by molar-refractivity contribution is 5.78. The largest absolute Gasteiger partial charge is 0.493 e. The molecule has 5 nitrogen and oxygen atoms in total. The molecule has 0 atom stereocenters. The van der Waals surface area contributed by atoms with Crippen molar-refractivity contribution in [2.24, 2.45) is 0 Å². The minimum Gasteiger partial charge on any atom is -0.493 e. The van der Waals surface area contributed by atoms with Gasteiger partial charge in [-0.2, -0.15) is 0 Å². The van der Waals surface area contributed by atoms with Gasteiger partial charge in [-0.05, 0) is 33.4 Å². The Hall–Kier alpha value is -1.75. The lowest BCUT2D eigenvalue weighted by atomic mass is 10.0. The summed E-state index contributed by atoms with van der Waals surface area (Å²) in [6, 6.07) is 5.67. The molecule has 5 heteroatoms. The van der Waals surface area contributed by atoms with Crippen LogP contribution in [0, 0.1) is 0 Å². The Kier molecular flexibility index (Phi) is 6.49. The summed E-state index contributed by atoms with van der Waals surface area (Å²) in [6.45, 7) is 6.63. The molecular formula is C16H26N2O3. The third-order valence-corrected chi connectivity index (χ3v) is 3.36. The Bertz CT molecular complexity index is 473. The van der Waals surface area contributed by atoms with Gasteiger partial charge in [0.2, 0.25) is 0 Å². The van der Waals surface area contributed by atoms with E-state index >= 15 is 0 Å². The summed E-state index contributed by atoms with van der Waals surface area (Å²) in [5.74, 6) is 1.10. The number of ether oxygens (including phenoxy) is 2. The zero-order chi connectivity index (χ0) is 15.9. The average Bonchev–Trinajstić information content (AvgIpc) is 2.45. The van der Waals surface area contributed by atoms with Crippen LogP contribution in [0.25, 0.3) is 0 Å². The maximum absolute atomic E-state index is 12.0. The number of hydrogen-bond acceptors (Lipinski definition) is 4. The zero-order valence-corrected chi connectivity index (χ0v) is 13.6. The molecule has 1 aromatic rings. The van der Waals surface area contributed by atoms with Gasteiger partial charge in [0, 0.05) is 17.6 Å². The van der Waals surface area contributed by atoms with Gasteiger partial charge in [0.25, 0.3) is 5.91 Å². The lowest BCUT2D eigenvalue weighted by molar-refractivity contribution is -0.124. The van der Waals surface area contributed by atoms with Crippen molar-refractivity contribution in [1.29, 1.82) is 0 Å². The third kappa shape index (κ3) is 5.27. The van der Waals surface area contributed by atoms with Gasteiger partial charge in [-0.3, -0.25) is 4.79 Å². The number of para-hydroxylation sites is 1. The van der Waals surface area contributed by atoms with E-state index in [0.717, 1.165) is 12.0 Å². The molecule has 0 aromatic heterocycles. The number of amides is 1. The van der Waals surface area contributed by atoms with Crippen LogP contribution in [0.1, 0.15) is 32.8 Å². The molecule has 0 aliphatic carbocycles. The Morgan fingerprint density at radius 1 is 1.33 bits per heavy atom. The van der Waals surface area contributed by atoms with E-state index in [1.165, 1.54) is 0 Å². The Balaban J connectivity index is 2.76. The fourth-order valence-electron chi connectivity index (χ4n) is 1.86. The SMILES string of the molecule is CCC(C)(C)NC(=O)COc1c(CNC)cccc1OC. The lowest BCUT2D eigenvalue weighted by Crippen LogP contribution is -2.45. The quantitative estimate of drug-likeness (QED) is 0.771. The van der Waals surface area contributed by atoms with E-state index in [1.54, 1.807) is 7.11 Å². The predicted octanol–water partition coefficient (Wildman–Crippen LogP) is 2.10. The molecule has 0 aliphatic heterocycles. The monoisotopic (exact) mass is 294 g/mol. The Morgan fingerprint density at radius 3 is 2.62 bits per heavy atom. The van der Waals surface area contributed by atoms with Crippen LogP contribution in [0.3, 0.4) is 0 Å². The van der Waals surface area contributed by atoms with Gasteiger partial charge < -0.3 is 20.1 Å². The summed E-state index contributed by atoms with van der Waals surface area (Å²) >= 11 is 0. The highest BCUT2D eigenvalue weighted by Gasteiger charge is 2.19. The van der Waals surface area contributed by atoms with Crippen molar-refractivity contribution >= 4 is 5.91 Å². The van der Waals surface area contributed by atoms with Crippen LogP contribution in [0.15, 0.2) is 18.2 Å². The molecule has 1 amide bonds. The van der Waals surface area contributed by atoms with E-state index in [2.05, 4.69) is 10.6 Å². The first-order chi connectivity index (χ1) is 9.93. The summed E-state index contributed by atoms with van der Waals surface area (Å²) in [7, 11) is 3.45. The van der Waals surface area contributed by atoms with Gasteiger partial charge in [0.15, 0.2) is 18.1 Å². The summed E-state index contributed by atoms with van der Waals surface area (Å²) in [5, 5.41) is 6.02. The molecule has 0 spiro atoms. The third-order valence-electron chi connectivity index (χ3n) is 3.36. The Morgan fingerprint density at radius 2 is 2.05 bits per heavy atom. The molecule has 0 saturated carbocycles. The minimum atomic E-state index is -0.227. The molecule has 1 aromatic carbocycles. The summed E-state index contributed by atoms with van der Waals surface area (Å²) in [5.41, 5.74) is 0.731. The smallest absolute Gasteiger partial charge is 0.258 e. The van der Waals surface area contributed by atoms with Gasteiger partial charge >= 0.3 is 0 Å². The zero-order valence-electron chi connectivity index (χ0n) is 13.6. The lowest BCUT2D eigenvalue weighted by Gasteiger charge is -2.24. The highest BCUT2D eigenvalue weighted by Crippen LogP contribution is 2.31. The molecule has 0 unspecified atom stereocenters. The number of rotatable bonds is 8. The van der Waals surface area contributed by atoms with Crippen LogP contribution < -0.4 is 20.1 Å². The fraction of sp³-hybridized carbons (Fsp3) is 0.562. The molecule has 0 fully saturated rings. The minimum absolute atomic E-state index is 0.0273. The van der Waals surface area contributed by atoms with Crippen molar-refractivity contribution in [3.8, 4) is 11.5 Å². The normalized spacial score (nSPS) is 11.1. The molecule has 118 valence electrons. The number of hydrogen-bond donors (Lipinski definition) is 2. The summed E-state index contributed by atoms with van der Waals surface area (Å²) < 4.78 is 11.0. The number of carbonyl (C=O) groups excluding carboxylic acids is 1. The molecule has 0 aliphatic rings. The number of nitrogens with one attached hydrogen (secondary N) is 2. The van der Waals surface area contributed by atoms with Gasteiger partial charge in [0.1, 0.15) is 0 Å². The number of benzene rings is 1. The Labute approximate surface area is 127 Å². The first-order valence-electron chi connectivity index (χ1n) is 7.17. The van der Waals surface area contributed by atoms with Gasteiger partial charge in [-0.25, -0.2) is 0 Å².